The highest BCUT2D eigenvalue weighted by Gasteiger charge is 2.40. The van der Waals surface area contributed by atoms with Gasteiger partial charge in [0.25, 0.3) is 0 Å². The minimum absolute atomic E-state index is 0.00772. The van der Waals surface area contributed by atoms with Crippen LogP contribution in [0.3, 0.4) is 0 Å². The van der Waals surface area contributed by atoms with Gasteiger partial charge in [0.05, 0.1) is 12.1 Å². The lowest BCUT2D eigenvalue weighted by atomic mass is 9.73. The zero-order valence-electron chi connectivity index (χ0n) is 20.2. The molecule has 0 amide bonds. The fourth-order valence-electron chi connectivity index (χ4n) is 5.64. The van der Waals surface area contributed by atoms with E-state index in [0.717, 1.165) is 50.7 Å². The van der Waals surface area contributed by atoms with Crippen LogP contribution < -0.4 is 4.74 Å². The van der Waals surface area contributed by atoms with Gasteiger partial charge in [0.1, 0.15) is 5.75 Å². The number of unbranched alkanes of at least 4 members (excludes halogenated alkanes) is 2. The highest BCUT2D eigenvalue weighted by molar-refractivity contribution is 5.71. The second-order valence-electron chi connectivity index (χ2n) is 9.89. The van der Waals surface area contributed by atoms with E-state index in [4.69, 9.17) is 9.47 Å². The van der Waals surface area contributed by atoms with E-state index in [1.54, 1.807) is 0 Å². The molecule has 0 aromatic heterocycles. The first-order valence-electron chi connectivity index (χ1n) is 12.8. The number of nitroso groups, excluding NO2 is 1. The van der Waals surface area contributed by atoms with Crippen molar-refractivity contribution in [2.75, 3.05) is 6.61 Å². The first-order chi connectivity index (χ1) is 15.5. The SMILES string of the molecule is CCCCCC(CCC1CCC2Cc3c(cccc3OCC(=O)OC(C)CC)CC12)N=O. The average molecular weight is 444 g/mol. The summed E-state index contributed by atoms with van der Waals surface area (Å²) in [5.41, 5.74) is 2.64. The van der Waals surface area contributed by atoms with E-state index in [1.165, 1.54) is 36.8 Å². The van der Waals surface area contributed by atoms with Crippen molar-refractivity contribution in [3.05, 3.63) is 34.2 Å². The summed E-state index contributed by atoms with van der Waals surface area (Å²) in [7, 11) is 0. The van der Waals surface area contributed by atoms with E-state index in [-0.39, 0.29) is 24.7 Å². The number of carbonyl (C=O) groups is 1. The monoisotopic (exact) mass is 443 g/mol. The van der Waals surface area contributed by atoms with Crippen molar-refractivity contribution < 1.29 is 14.3 Å². The van der Waals surface area contributed by atoms with E-state index in [2.05, 4.69) is 18.2 Å². The first-order valence-corrected chi connectivity index (χ1v) is 12.8. The Morgan fingerprint density at radius 1 is 1.16 bits per heavy atom. The molecule has 32 heavy (non-hydrogen) atoms. The smallest absolute Gasteiger partial charge is 0.344 e. The highest BCUT2D eigenvalue weighted by Crippen LogP contribution is 2.48. The molecule has 5 unspecified atom stereocenters. The van der Waals surface area contributed by atoms with Gasteiger partial charge in [-0.2, -0.15) is 4.91 Å². The summed E-state index contributed by atoms with van der Waals surface area (Å²) in [6.45, 7) is 6.06. The van der Waals surface area contributed by atoms with Crippen molar-refractivity contribution in [3.63, 3.8) is 0 Å². The molecule has 2 aliphatic carbocycles. The van der Waals surface area contributed by atoms with Gasteiger partial charge in [0.2, 0.25) is 0 Å². The zero-order chi connectivity index (χ0) is 22.9. The molecule has 5 heteroatoms. The Bertz CT molecular complexity index is 749. The molecule has 5 atom stereocenters. The number of ether oxygens (including phenoxy) is 2. The average Bonchev–Trinajstić information content (AvgIpc) is 3.20. The van der Waals surface area contributed by atoms with Crippen LogP contribution in [0.5, 0.6) is 5.75 Å². The van der Waals surface area contributed by atoms with Gasteiger partial charge in [0.15, 0.2) is 6.61 Å². The summed E-state index contributed by atoms with van der Waals surface area (Å²) >= 11 is 0. The summed E-state index contributed by atoms with van der Waals surface area (Å²) < 4.78 is 11.2. The largest absolute Gasteiger partial charge is 0.482 e. The Balaban J connectivity index is 1.56. The van der Waals surface area contributed by atoms with Gasteiger partial charge in [-0.15, -0.1) is 0 Å². The molecule has 178 valence electrons. The van der Waals surface area contributed by atoms with E-state index in [9.17, 15) is 9.70 Å². The van der Waals surface area contributed by atoms with Crippen LogP contribution in [0.25, 0.3) is 0 Å². The van der Waals surface area contributed by atoms with Crippen LogP contribution in [-0.4, -0.2) is 24.7 Å². The molecular formula is C27H41NO4. The lowest BCUT2D eigenvalue weighted by Gasteiger charge is -2.32. The number of esters is 1. The molecular weight excluding hydrogens is 402 g/mol. The van der Waals surface area contributed by atoms with Gasteiger partial charge >= 0.3 is 5.97 Å². The third kappa shape index (κ3) is 6.55. The standard InChI is InChI=1S/C27H41NO4/c1-4-6-7-10-23(28-30)15-14-20-12-13-22-17-25-21(16-24(20)22)9-8-11-26(25)31-18-27(29)32-19(3)5-2/h8-9,11,19-20,22-24H,4-7,10,12-18H2,1-3H3. The van der Waals surface area contributed by atoms with Crippen molar-refractivity contribution in [3.8, 4) is 5.75 Å². The molecule has 0 saturated heterocycles. The van der Waals surface area contributed by atoms with Crippen LogP contribution in [-0.2, 0) is 22.4 Å². The predicted molar refractivity (Wildman–Crippen MR) is 128 cm³/mol. The van der Waals surface area contributed by atoms with Crippen molar-refractivity contribution in [1.82, 2.24) is 0 Å². The van der Waals surface area contributed by atoms with Crippen molar-refractivity contribution in [2.45, 2.75) is 104 Å². The van der Waals surface area contributed by atoms with Crippen molar-refractivity contribution >= 4 is 5.97 Å². The Hall–Kier alpha value is -1.91. The van der Waals surface area contributed by atoms with Gasteiger partial charge in [-0.1, -0.05) is 50.4 Å². The molecule has 0 radical (unpaired) electrons. The van der Waals surface area contributed by atoms with Crippen molar-refractivity contribution in [1.29, 1.82) is 0 Å². The maximum absolute atomic E-state index is 12.0. The van der Waals surface area contributed by atoms with Gasteiger partial charge in [-0.25, -0.2) is 4.79 Å². The maximum atomic E-state index is 12.0. The minimum atomic E-state index is -0.302. The van der Waals surface area contributed by atoms with Crippen LogP contribution in [0.4, 0.5) is 0 Å². The lowest BCUT2D eigenvalue weighted by molar-refractivity contribution is -0.150. The molecule has 1 saturated carbocycles. The summed E-state index contributed by atoms with van der Waals surface area (Å²) in [5.74, 6) is 2.59. The van der Waals surface area contributed by atoms with E-state index < -0.39 is 0 Å². The number of nitrogens with zero attached hydrogens (tertiary/aromatic N) is 1. The Morgan fingerprint density at radius 3 is 2.75 bits per heavy atom. The van der Waals surface area contributed by atoms with Gasteiger partial charge in [-0.3, -0.25) is 0 Å². The molecule has 3 rings (SSSR count). The molecule has 0 aliphatic heterocycles. The second-order valence-corrected chi connectivity index (χ2v) is 9.89. The Labute approximate surface area is 193 Å². The number of hydrogen-bond acceptors (Lipinski definition) is 5. The summed E-state index contributed by atoms with van der Waals surface area (Å²) in [6.07, 6.45) is 11.8. The number of hydrogen-bond donors (Lipinski definition) is 0. The molecule has 0 N–H and O–H groups in total. The van der Waals surface area contributed by atoms with Gasteiger partial charge in [0, 0.05) is 0 Å². The highest BCUT2D eigenvalue weighted by atomic mass is 16.6. The number of carbonyl (C=O) groups excluding carboxylic acids is 1. The zero-order valence-corrected chi connectivity index (χ0v) is 20.2. The van der Waals surface area contributed by atoms with Crippen LogP contribution in [0, 0.1) is 22.7 Å². The number of fused-ring (bicyclic) bond motifs is 2. The fraction of sp³-hybridized carbons (Fsp3) is 0.741. The molecule has 0 bridgehead atoms. The Kier molecular flexibility index (Phi) is 9.55. The molecule has 0 spiro atoms. The lowest BCUT2D eigenvalue weighted by Crippen LogP contribution is -2.26. The second kappa shape index (κ2) is 12.4. The maximum Gasteiger partial charge on any atom is 0.344 e. The van der Waals surface area contributed by atoms with E-state index >= 15 is 0 Å². The quantitative estimate of drug-likeness (QED) is 0.195. The van der Waals surface area contributed by atoms with Gasteiger partial charge in [-0.05, 0) is 93.2 Å². The van der Waals surface area contributed by atoms with E-state index in [1.807, 2.05) is 26.0 Å². The summed E-state index contributed by atoms with van der Waals surface area (Å²) in [5, 5.41) is 3.43. The summed E-state index contributed by atoms with van der Waals surface area (Å²) in [6, 6.07) is 6.23. The van der Waals surface area contributed by atoms with Crippen molar-refractivity contribution in [2.24, 2.45) is 22.9 Å². The van der Waals surface area contributed by atoms with Crippen LogP contribution >= 0.6 is 0 Å². The third-order valence-electron chi connectivity index (χ3n) is 7.68. The summed E-state index contributed by atoms with van der Waals surface area (Å²) in [4.78, 5) is 23.3. The number of rotatable bonds is 13. The normalized spacial score (nSPS) is 23.7. The Morgan fingerprint density at radius 2 is 2.00 bits per heavy atom. The molecule has 5 nitrogen and oxygen atoms in total. The molecule has 0 heterocycles. The van der Waals surface area contributed by atoms with E-state index in [0.29, 0.717) is 17.8 Å². The molecule has 1 aromatic rings. The van der Waals surface area contributed by atoms with Crippen LogP contribution in [0.1, 0.15) is 89.7 Å². The predicted octanol–water partition coefficient (Wildman–Crippen LogP) is 6.64. The topological polar surface area (TPSA) is 65.0 Å². The first kappa shape index (κ1) is 24.7. The minimum Gasteiger partial charge on any atom is -0.482 e. The molecule has 1 fully saturated rings. The fourth-order valence-corrected chi connectivity index (χ4v) is 5.64. The molecule has 1 aromatic carbocycles. The number of benzene rings is 1. The molecule has 2 aliphatic rings. The van der Waals surface area contributed by atoms with Crippen LogP contribution in [0.15, 0.2) is 23.4 Å². The third-order valence-corrected chi connectivity index (χ3v) is 7.68. The van der Waals surface area contributed by atoms with Crippen LogP contribution in [0.2, 0.25) is 0 Å². The van der Waals surface area contributed by atoms with Gasteiger partial charge < -0.3 is 9.47 Å².